The topological polar surface area (TPSA) is 9.23 Å². The van der Waals surface area contributed by atoms with Crippen molar-refractivity contribution in [2.45, 2.75) is 38.5 Å². The van der Waals surface area contributed by atoms with Gasteiger partial charge in [0.05, 0.1) is 0 Å². The van der Waals surface area contributed by atoms with Crippen LogP contribution in [0.3, 0.4) is 0 Å². The van der Waals surface area contributed by atoms with Crippen LogP contribution in [0.4, 0.5) is 0 Å². The minimum atomic E-state index is 0.875. The van der Waals surface area contributed by atoms with Crippen molar-refractivity contribution in [3.63, 3.8) is 0 Å². The van der Waals surface area contributed by atoms with Crippen molar-refractivity contribution < 1.29 is 4.74 Å². The second-order valence-corrected chi connectivity index (χ2v) is 4.79. The Morgan fingerprint density at radius 3 is 2.75 bits per heavy atom. The van der Waals surface area contributed by atoms with Crippen LogP contribution in [-0.4, -0.2) is 13.2 Å². The highest BCUT2D eigenvalue weighted by atomic mass is 16.5. The number of benzene rings is 1. The molecule has 1 heterocycles. The number of ether oxygens (including phenoxy) is 1. The predicted octanol–water partition coefficient (Wildman–Crippen LogP) is 3.83. The van der Waals surface area contributed by atoms with Crippen LogP contribution in [0.1, 0.15) is 37.7 Å². The molecule has 2 rings (SSSR count). The van der Waals surface area contributed by atoms with E-state index in [1.54, 1.807) is 0 Å². The zero-order valence-electron chi connectivity index (χ0n) is 10.0. The molecule has 1 saturated heterocycles. The molecule has 16 heavy (non-hydrogen) atoms. The molecule has 1 heteroatoms. The molecule has 0 aliphatic carbocycles. The average Bonchev–Trinajstić information content (AvgIpc) is 2.29. The van der Waals surface area contributed by atoms with Crippen LogP contribution in [0.2, 0.25) is 0 Å². The molecule has 1 aromatic rings. The predicted molar refractivity (Wildman–Crippen MR) is 67.5 cm³/mol. The van der Waals surface area contributed by atoms with Crippen LogP contribution in [0.5, 0.6) is 0 Å². The second-order valence-electron chi connectivity index (χ2n) is 4.79. The van der Waals surface area contributed by atoms with E-state index in [0.29, 0.717) is 0 Å². The highest BCUT2D eigenvalue weighted by molar-refractivity contribution is 5.14. The third-order valence-corrected chi connectivity index (χ3v) is 3.51. The first-order valence-corrected chi connectivity index (χ1v) is 6.57. The highest BCUT2D eigenvalue weighted by Gasteiger charge is 2.11. The minimum Gasteiger partial charge on any atom is -0.381 e. The summed E-state index contributed by atoms with van der Waals surface area (Å²) in [6.07, 6.45) is 7.81. The van der Waals surface area contributed by atoms with Crippen molar-refractivity contribution in [3.8, 4) is 0 Å². The normalized spacial score (nSPS) is 22.4. The van der Waals surface area contributed by atoms with Crippen LogP contribution in [0.15, 0.2) is 30.3 Å². The Balaban J connectivity index is 1.75. The molecule has 0 radical (unpaired) electrons. The molecule has 0 amide bonds. The maximum Gasteiger partial charge on any atom is 0.0468 e. The summed E-state index contributed by atoms with van der Waals surface area (Å²) in [5.41, 5.74) is 1.48. The van der Waals surface area contributed by atoms with Gasteiger partial charge in [-0.2, -0.15) is 0 Å². The number of hydrogen-bond donors (Lipinski definition) is 0. The molecule has 0 saturated carbocycles. The first kappa shape index (κ1) is 11.7. The maximum absolute atomic E-state index is 5.56. The number of aryl methyl sites for hydroxylation is 1. The van der Waals surface area contributed by atoms with Gasteiger partial charge in [0.15, 0.2) is 0 Å². The van der Waals surface area contributed by atoms with E-state index in [9.17, 15) is 0 Å². The lowest BCUT2D eigenvalue weighted by Crippen LogP contribution is -2.11. The van der Waals surface area contributed by atoms with Crippen LogP contribution < -0.4 is 0 Å². The Morgan fingerprint density at radius 2 is 1.88 bits per heavy atom. The SMILES string of the molecule is c1ccc(CCC2CCCCOCC2)cc1. The van der Waals surface area contributed by atoms with E-state index in [4.69, 9.17) is 4.74 Å². The molecular formula is C15H22O. The molecule has 1 atom stereocenters. The van der Waals surface area contributed by atoms with E-state index in [1.807, 2.05) is 0 Å². The average molecular weight is 218 g/mol. The quantitative estimate of drug-likeness (QED) is 0.749. The molecule has 1 nitrogen and oxygen atoms in total. The summed E-state index contributed by atoms with van der Waals surface area (Å²) < 4.78 is 5.56. The van der Waals surface area contributed by atoms with Crippen molar-refractivity contribution in [1.29, 1.82) is 0 Å². The molecular weight excluding hydrogens is 196 g/mol. The maximum atomic E-state index is 5.56. The zero-order valence-corrected chi connectivity index (χ0v) is 10.0. The van der Waals surface area contributed by atoms with Gasteiger partial charge in [0.1, 0.15) is 0 Å². The van der Waals surface area contributed by atoms with Crippen LogP contribution in [0, 0.1) is 5.92 Å². The highest BCUT2D eigenvalue weighted by Crippen LogP contribution is 2.21. The Morgan fingerprint density at radius 1 is 1.00 bits per heavy atom. The standard InChI is InChI=1S/C15H22O/c1-2-6-14(7-3-1)9-10-15-8-4-5-12-16-13-11-15/h1-3,6-7,15H,4-5,8-13H2. The molecule has 0 aromatic heterocycles. The Labute approximate surface area is 98.8 Å². The van der Waals surface area contributed by atoms with Crippen molar-refractivity contribution in [3.05, 3.63) is 35.9 Å². The number of rotatable bonds is 3. The van der Waals surface area contributed by atoms with E-state index < -0.39 is 0 Å². The third kappa shape index (κ3) is 3.97. The van der Waals surface area contributed by atoms with Gasteiger partial charge >= 0.3 is 0 Å². The summed E-state index contributed by atoms with van der Waals surface area (Å²) >= 11 is 0. The van der Waals surface area contributed by atoms with Gasteiger partial charge in [0.25, 0.3) is 0 Å². The van der Waals surface area contributed by atoms with Gasteiger partial charge in [-0.05, 0) is 37.2 Å². The molecule has 1 aliphatic heterocycles. The summed E-state index contributed by atoms with van der Waals surface area (Å²) in [5.74, 6) is 0.875. The molecule has 1 fully saturated rings. The lowest BCUT2D eigenvalue weighted by atomic mass is 9.91. The lowest BCUT2D eigenvalue weighted by molar-refractivity contribution is 0.0985. The van der Waals surface area contributed by atoms with E-state index in [1.165, 1.54) is 44.1 Å². The van der Waals surface area contributed by atoms with Gasteiger partial charge in [0, 0.05) is 13.2 Å². The van der Waals surface area contributed by atoms with E-state index in [2.05, 4.69) is 30.3 Å². The van der Waals surface area contributed by atoms with Gasteiger partial charge in [-0.3, -0.25) is 0 Å². The van der Waals surface area contributed by atoms with Crippen LogP contribution in [0.25, 0.3) is 0 Å². The van der Waals surface area contributed by atoms with Crippen molar-refractivity contribution >= 4 is 0 Å². The molecule has 0 N–H and O–H groups in total. The fourth-order valence-electron chi connectivity index (χ4n) is 2.44. The summed E-state index contributed by atoms with van der Waals surface area (Å²) in [6, 6.07) is 10.8. The smallest absolute Gasteiger partial charge is 0.0468 e. The first-order chi connectivity index (χ1) is 7.95. The Bertz CT molecular complexity index is 273. The molecule has 0 spiro atoms. The molecule has 1 aromatic carbocycles. The van der Waals surface area contributed by atoms with Crippen LogP contribution >= 0.6 is 0 Å². The monoisotopic (exact) mass is 218 g/mol. The minimum absolute atomic E-state index is 0.875. The zero-order chi connectivity index (χ0) is 11.1. The molecule has 1 aliphatic rings. The fraction of sp³-hybridized carbons (Fsp3) is 0.600. The van der Waals surface area contributed by atoms with Crippen molar-refractivity contribution in [1.82, 2.24) is 0 Å². The summed E-state index contributed by atoms with van der Waals surface area (Å²) in [5, 5.41) is 0. The molecule has 0 bridgehead atoms. The molecule has 88 valence electrons. The molecule has 1 unspecified atom stereocenters. The van der Waals surface area contributed by atoms with Gasteiger partial charge < -0.3 is 4.74 Å². The van der Waals surface area contributed by atoms with Gasteiger partial charge in [-0.1, -0.05) is 43.2 Å². The third-order valence-electron chi connectivity index (χ3n) is 3.51. The fourth-order valence-corrected chi connectivity index (χ4v) is 2.44. The first-order valence-electron chi connectivity index (χ1n) is 6.57. The number of hydrogen-bond acceptors (Lipinski definition) is 1. The van der Waals surface area contributed by atoms with Gasteiger partial charge in [0.2, 0.25) is 0 Å². The van der Waals surface area contributed by atoms with E-state index >= 15 is 0 Å². The Kier molecular flexibility index (Phi) is 4.88. The summed E-state index contributed by atoms with van der Waals surface area (Å²) in [6.45, 7) is 1.95. The second kappa shape index (κ2) is 6.70. The largest absolute Gasteiger partial charge is 0.381 e. The summed E-state index contributed by atoms with van der Waals surface area (Å²) in [4.78, 5) is 0. The van der Waals surface area contributed by atoms with Crippen molar-refractivity contribution in [2.24, 2.45) is 5.92 Å². The van der Waals surface area contributed by atoms with Crippen LogP contribution in [-0.2, 0) is 11.2 Å². The van der Waals surface area contributed by atoms with E-state index in [-0.39, 0.29) is 0 Å². The van der Waals surface area contributed by atoms with Gasteiger partial charge in [-0.25, -0.2) is 0 Å². The van der Waals surface area contributed by atoms with Gasteiger partial charge in [-0.15, -0.1) is 0 Å². The summed E-state index contributed by atoms with van der Waals surface area (Å²) in [7, 11) is 0. The van der Waals surface area contributed by atoms with E-state index in [0.717, 1.165) is 19.1 Å². The lowest BCUT2D eigenvalue weighted by Gasteiger charge is -2.19. The van der Waals surface area contributed by atoms with Crippen molar-refractivity contribution in [2.75, 3.05) is 13.2 Å². The Hall–Kier alpha value is -0.820.